The summed E-state index contributed by atoms with van der Waals surface area (Å²) in [6, 6.07) is 7.93. The number of aliphatic hydroxyl groups is 1. The molecule has 1 aliphatic rings. The Morgan fingerprint density at radius 2 is 2.14 bits per heavy atom. The van der Waals surface area contributed by atoms with Crippen LogP contribution in [0.15, 0.2) is 34.8 Å². The molecule has 0 spiro atoms. The summed E-state index contributed by atoms with van der Waals surface area (Å²) in [7, 11) is 0. The van der Waals surface area contributed by atoms with Gasteiger partial charge in [-0.05, 0) is 12.1 Å². The Morgan fingerprint density at radius 3 is 3.07 bits per heavy atom. The van der Waals surface area contributed by atoms with Crippen LogP contribution in [0.4, 0.5) is 0 Å². The molecule has 1 aromatic heterocycles. The first kappa shape index (κ1) is 7.83. The molecule has 1 atom stereocenters. The number of hydrogen-bond acceptors (Lipinski definition) is 2. The van der Waals surface area contributed by atoms with E-state index in [-0.39, 0.29) is 6.10 Å². The average Bonchev–Trinajstić information content (AvgIpc) is 2.56. The Morgan fingerprint density at radius 1 is 1.29 bits per heavy atom. The highest BCUT2D eigenvalue weighted by Crippen LogP contribution is 2.30. The minimum Gasteiger partial charge on any atom is -0.456 e. The van der Waals surface area contributed by atoms with Gasteiger partial charge in [0, 0.05) is 17.4 Å². The van der Waals surface area contributed by atoms with Gasteiger partial charge in [0.05, 0.1) is 6.10 Å². The summed E-state index contributed by atoms with van der Waals surface area (Å²) in [5.74, 6) is 0.886. The number of benzene rings is 1. The quantitative estimate of drug-likeness (QED) is 0.685. The molecule has 0 saturated carbocycles. The number of aliphatic hydroxyl groups excluding tert-OH is 1. The largest absolute Gasteiger partial charge is 0.456 e. The smallest absolute Gasteiger partial charge is 0.135 e. The standard InChI is InChI=1S/C12H10O2/c13-8-5-6-12-10(7-8)9-3-1-2-4-11(9)14-12/h1-6,8,13H,7H2. The van der Waals surface area contributed by atoms with Gasteiger partial charge >= 0.3 is 0 Å². The van der Waals surface area contributed by atoms with Crippen LogP contribution in [-0.2, 0) is 6.42 Å². The summed E-state index contributed by atoms with van der Waals surface area (Å²) in [6.07, 6.45) is 3.90. The molecular formula is C12H10O2. The van der Waals surface area contributed by atoms with Crippen molar-refractivity contribution in [2.45, 2.75) is 12.5 Å². The van der Waals surface area contributed by atoms with Crippen LogP contribution in [0.25, 0.3) is 17.0 Å². The Kier molecular flexibility index (Phi) is 1.52. The lowest BCUT2D eigenvalue weighted by molar-refractivity contribution is 0.222. The Balaban J connectivity index is 2.32. The zero-order chi connectivity index (χ0) is 9.54. The summed E-state index contributed by atoms with van der Waals surface area (Å²) in [4.78, 5) is 0. The predicted molar refractivity (Wildman–Crippen MR) is 55.0 cm³/mol. The van der Waals surface area contributed by atoms with Crippen LogP contribution in [0.1, 0.15) is 11.3 Å². The first-order valence-electron chi connectivity index (χ1n) is 4.71. The molecule has 0 radical (unpaired) electrons. The van der Waals surface area contributed by atoms with Crippen molar-refractivity contribution in [3.63, 3.8) is 0 Å². The highest BCUT2D eigenvalue weighted by atomic mass is 16.3. The maximum atomic E-state index is 9.51. The lowest BCUT2D eigenvalue weighted by atomic mass is 9.99. The molecule has 3 rings (SSSR count). The average molecular weight is 186 g/mol. The molecule has 14 heavy (non-hydrogen) atoms. The molecule has 1 N–H and O–H groups in total. The molecule has 0 fully saturated rings. The molecular weight excluding hydrogens is 176 g/mol. The van der Waals surface area contributed by atoms with Crippen LogP contribution in [0, 0.1) is 0 Å². The van der Waals surface area contributed by atoms with Gasteiger partial charge in [0.15, 0.2) is 0 Å². The minimum atomic E-state index is -0.372. The molecule has 0 saturated heterocycles. The van der Waals surface area contributed by atoms with Gasteiger partial charge in [0.1, 0.15) is 11.3 Å². The van der Waals surface area contributed by atoms with Crippen LogP contribution in [-0.4, -0.2) is 11.2 Å². The highest BCUT2D eigenvalue weighted by Gasteiger charge is 2.17. The maximum absolute atomic E-state index is 9.51. The van der Waals surface area contributed by atoms with Gasteiger partial charge < -0.3 is 9.52 Å². The molecule has 2 heteroatoms. The second-order valence-electron chi connectivity index (χ2n) is 3.57. The lowest BCUT2D eigenvalue weighted by Gasteiger charge is -2.09. The molecule has 2 nitrogen and oxygen atoms in total. The van der Waals surface area contributed by atoms with Gasteiger partial charge in [-0.3, -0.25) is 0 Å². The fraction of sp³-hybridized carbons (Fsp3) is 0.167. The van der Waals surface area contributed by atoms with Crippen molar-refractivity contribution < 1.29 is 9.52 Å². The lowest BCUT2D eigenvalue weighted by Crippen LogP contribution is -2.09. The van der Waals surface area contributed by atoms with E-state index in [2.05, 4.69) is 0 Å². The van der Waals surface area contributed by atoms with Crippen LogP contribution >= 0.6 is 0 Å². The number of furan rings is 1. The van der Waals surface area contributed by atoms with Crippen molar-refractivity contribution in [1.29, 1.82) is 0 Å². The summed E-state index contributed by atoms with van der Waals surface area (Å²) in [5.41, 5.74) is 2.02. The SMILES string of the molecule is OC1C=Cc2oc3ccccc3c2C1. The molecule has 70 valence electrons. The van der Waals surface area contributed by atoms with Crippen LogP contribution in [0.2, 0.25) is 0 Å². The van der Waals surface area contributed by atoms with Crippen molar-refractivity contribution in [1.82, 2.24) is 0 Å². The number of hydrogen-bond donors (Lipinski definition) is 1. The first-order valence-corrected chi connectivity index (χ1v) is 4.71. The summed E-state index contributed by atoms with van der Waals surface area (Å²) in [6.45, 7) is 0. The normalized spacial score (nSPS) is 19.9. The van der Waals surface area contributed by atoms with Gasteiger partial charge in [-0.1, -0.05) is 24.3 Å². The van der Waals surface area contributed by atoms with E-state index in [0.29, 0.717) is 6.42 Å². The molecule has 1 heterocycles. The predicted octanol–water partition coefficient (Wildman–Crippen LogP) is 2.36. The van der Waals surface area contributed by atoms with E-state index in [9.17, 15) is 5.11 Å². The van der Waals surface area contributed by atoms with E-state index < -0.39 is 0 Å². The van der Waals surface area contributed by atoms with E-state index >= 15 is 0 Å². The Bertz CT molecular complexity index is 508. The van der Waals surface area contributed by atoms with E-state index in [1.165, 1.54) is 0 Å². The third-order valence-electron chi connectivity index (χ3n) is 2.61. The second-order valence-corrected chi connectivity index (χ2v) is 3.57. The molecule has 1 aliphatic carbocycles. The molecule has 0 bridgehead atoms. The zero-order valence-corrected chi connectivity index (χ0v) is 7.60. The number of para-hydroxylation sites is 1. The maximum Gasteiger partial charge on any atom is 0.135 e. The van der Waals surface area contributed by atoms with E-state index in [1.807, 2.05) is 30.3 Å². The van der Waals surface area contributed by atoms with Crippen LogP contribution in [0.5, 0.6) is 0 Å². The molecule has 0 aliphatic heterocycles. The van der Waals surface area contributed by atoms with Crippen molar-refractivity contribution in [2.24, 2.45) is 0 Å². The summed E-state index contributed by atoms with van der Waals surface area (Å²) < 4.78 is 5.64. The van der Waals surface area contributed by atoms with Crippen LogP contribution in [0.3, 0.4) is 0 Å². The van der Waals surface area contributed by atoms with Crippen LogP contribution < -0.4 is 0 Å². The van der Waals surface area contributed by atoms with Crippen molar-refractivity contribution in [3.8, 4) is 0 Å². The van der Waals surface area contributed by atoms with Crippen molar-refractivity contribution >= 4 is 17.0 Å². The van der Waals surface area contributed by atoms with Gasteiger partial charge in [0.2, 0.25) is 0 Å². The van der Waals surface area contributed by atoms with E-state index in [0.717, 1.165) is 22.3 Å². The minimum absolute atomic E-state index is 0.372. The van der Waals surface area contributed by atoms with Gasteiger partial charge in [0.25, 0.3) is 0 Å². The van der Waals surface area contributed by atoms with Gasteiger partial charge in [-0.15, -0.1) is 0 Å². The van der Waals surface area contributed by atoms with Crippen molar-refractivity contribution in [2.75, 3.05) is 0 Å². The number of rotatable bonds is 0. The van der Waals surface area contributed by atoms with Gasteiger partial charge in [-0.2, -0.15) is 0 Å². The summed E-state index contributed by atoms with van der Waals surface area (Å²) >= 11 is 0. The monoisotopic (exact) mass is 186 g/mol. The van der Waals surface area contributed by atoms with E-state index in [4.69, 9.17) is 4.42 Å². The Hall–Kier alpha value is -1.54. The fourth-order valence-electron chi connectivity index (χ4n) is 1.94. The Labute approximate surface area is 81.5 Å². The molecule has 1 aromatic carbocycles. The topological polar surface area (TPSA) is 33.4 Å². The highest BCUT2D eigenvalue weighted by molar-refractivity contribution is 5.85. The van der Waals surface area contributed by atoms with Gasteiger partial charge in [-0.25, -0.2) is 0 Å². The third kappa shape index (κ3) is 1.01. The first-order chi connectivity index (χ1) is 6.84. The molecule has 0 amide bonds. The summed E-state index contributed by atoms with van der Waals surface area (Å²) in [5, 5.41) is 10.6. The van der Waals surface area contributed by atoms with E-state index in [1.54, 1.807) is 6.08 Å². The number of fused-ring (bicyclic) bond motifs is 3. The second kappa shape index (κ2) is 2.72. The third-order valence-corrected chi connectivity index (χ3v) is 2.61. The zero-order valence-electron chi connectivity index (χ0n) is 7.60. The fourth-order valence-corrected chi connectivity index (χ4v) is 1.94. The van der Waals surface area contributed by atoms with Crippen molar-refractivity contribution in [3.05, 3.63) is 41.7 Å². The molecule has 2 aromatic rings. The molecule has 1 unspecified atom stereocenters.